The van der Waals surface area contributed by atoms with Crippen molar-refractivity contribution in [2.24, 2.45) is 0 Å². The Labute approximate surface area is 173 Å². The largest absolute Gasteiger partial charge is 0.508 e. The Bertz CT molecular complexity index is 1140. The summed E-state index contributed by atoms with van der Waals surface area (Å²) in [6, 6.07) is 10.2. The molecule has 0 aliphatic rings. The number of aromatic nitrogens is 3. The topological polar surface area (TPSA) is 96.1 Å². The number of oxazole rings is 1. The molecule has 4 aromatic rings. The molecule has 3 aromatic heterocycles. The molecule has 154 valence electrons. The van der Waals surface area contributed by atoms with E-state index in [1.54, 1.807) is 36.7 Å². The number of anilines is 1. The number of pyridine rings is 2. The highest BCUT2D eigenvalue weighted by Gasteiger charge is 2.12. The van der Waals surface area contributed by atoms with Crippen LogP contribution in [-0.2, 0) is 19.5 Å². The Balaban J connectivity index is 1.37. The van der Waals surface area contributed by atoms with Gasteiger partial charge in [0, 0.05) is 38.0 Å². The van der Waals surface area contributed by atoms with Crippen LogP contribution >= 0.6 is 0 Å². The summed E-state index contributed by atoms with van der Waals surface area (Å²) >= 11 is 0. The van der Waals surface area contributed by atoms with Gasteiger partial charge in [0.15, 0.2) is 22.8 Å². The third-order valence-electron chi connectivity index (χ3n) is 4.58. The van der Waals surface area contributed by atoms with Gasteiger partial charge in [0.2, 0.25) is 0 Å². The molecule has 0 aliphatic heterocycles. The first-order chi connectivity index (χ1) is 14.6. The van der Waals surface area contributed by atoms with Gasteiger partial charge in [-0.15, -0.1) is 0 Å². The molecule has 0 radical (unpaired) electrons. The van der Waals surface area contributed by atoms with Crippen LogP contribution in [0.3, 0.4) is 0 Å². The average Bonchev–Trinajstić information content (AvgIpc) is 3.13. The predicted molar refractivity (Wildman–Crippen MR) is 112 cm³/mol. The molecule has 0 saturated carbocycles. The fraction of sp³-hybridized carbons (Fsp3) is 0.227. The van der Waals surface area contributed by atoms with Crippen LogP contribution in [0.2, 0.25) is 0 Å². The summed E-state index contributed by atoms with van der Waals surface area (Å²) < 4.78 is 19.6. The number of aromatic hydroxyl groups is 1. The Kier molecular flexibility index (Phi) is 5.85. The van der Waals surface area contributed by atoms with Gasteiger partial charge in [-0.2, -0.15) is 0 Å². The first kappa shape index (κ1) is 19.8. The van der Waals surface area contributed by atoms with Crippen LogP contribution in [0.4, 0.5) is 10.2 Å². The predicted octanol–water partition coefficient (Wildman–Crippen LogP) is 3.72. The first-order valence-electron chi connectivity index (χ1n) is 9.66. The molecule has 0 saturated heterocycles. The minimum absolute atomic E-state index is 0.200. The lowest BCUT2D eigenvalue weighted by atomic mass is 10.1. The van der Waals surface area contributed by atoms with Crippen molar-refractivity contribution in [2.75, 3.05) is 11.9 Å². The standard InChI is InChI=1S/C22H22FN5O2/c1-14-9-15(11-16(29)10-14)12-24-7-5-20-28-21-19(30-20)4-8-26-22(21)27-13-18-17(23)3-2-6-25-18/h2-4,6,8-11,24,29H,5,7,12-13H2,1H3,(H,26,27). The fourth-order valence-corrected chi connectivity index (χ4v) is 3.22. The maximum Gasteiger partial charge on any atom is 0.196 e. The molecule has 0 spiro atoms. The van der Waals surface area contributed by atoms with Gasteiger partial charge < -0.3 is 20.2 Å². The zero-order chi connectivity index (χ0) is 20.9. The molecule has 0 unspecified atom stereocenters. The quantitative estimate of drug-likeness (QED) is 0.383. The maximum atomic E-state index is 13.8. The minimum atomic E-state index is -0.369. The number of hydrogen-bond donors (Lipinski definition) is 3. The molecule has 7 nitrogen and oxygen atoms in total. The number of phenolic OH excluding ortho intramolecular Hbond substituents is 1. The van der Waals surface area contributed by atoms with E-state index >= 15 is 0 Å². The number of aryl methyl sites for hydroxylation is 1. The lowest BCUT2D eigenvalue weighted by Crippen LogP contribution is -2.16. The highest BCUT2D eigenvalue weighted by atomic mass is 19.1. The molecule has 0 amide bonds. The lowest BCUT2D eigenvalue weighted by molar-refractivity contribution is 0.473. The number of phenols is 1. The molecular formula is C22H22FN5O2. The summed E-state index contributed by atoms with van der Waals surface area (Å²) in [6.07, 6.45) is 3.77. The number of benzene rings is 1. The zero-order valence-corrected chi connectivity index (χ0v) is 16.5. The summed E-state index contributed by atoms with van der Waals surface area (Å²) in [6.45, 7) is 3.45. The SMILES string of the molecule is Cc1cc(O)cc(CNCCc2nc3c(NCc4ncccc4F)nccc3o2)c1. The second-order valence-electron chi connectivity index (χ2n) is 7.00. The van der Waals surface area contributed by atoms with Crippen molar-refractivity contribution in [3.05, 3.63) is 77.3 Å². The zero-order valence-electron chi connectivity index (χ0n) is 16.5. The molecule has 8 heteroatoms. The van der Waals surface area contributed by atoms with Gasteiger partial charge in [-0.1, -0.05) is 6.07 Å². The molecule has 0 aliphatic carbocycles. The van der Waals surface area contributed by atoms with E-state index in [9.17, 15) is 9.50 Å². The monoisotopic (exact) mass is 407 g/mol. The van der Waals surface area contributed by atoms with Crippen molar-refractivity contribution in [1.82, 2.24) is 20.3 Å². The number of halogens is 1. The van der Waals surface area contributed by atoms with Crippen molar-refractivity contribution in [3.8, 4) is 5.75 Å². The first-order valence-corrected chi connectivity index (χ1v) is 9.66. The second-order valence-corrected chi connectivity index (χ2v) is 7.00. The number of nitrogens with one attached hydrogen (secondary N) is 2. The number of rotatable bonds is 8. The van der Waals surface area contributed by atoms with Gasteiger partial charge >= 0.3 is 0 Å². The lowest BCUT2D eigenvalue weighted by Gasteiger charge is -2.05. The Morgan fingerprint density at radius 3 is 2.83 bits per heavy atom. The van der Waals surface area contributed by atoms with Gasteiger partial charge in [0.25, 0.3) is 0 Å². The smallest absolute Gasteiger partial charge is 0.196 e. The van der Waals surface area contributed by atoms with E-state index in [2.05, 4.69) is 25.6 Å². The van der Waals surface area contributed by atoms with Gasteiger partial charge in [-0.05, 0) is 42.3 Å². The van der Waals surface area contributed by atoms with Crippen molar-refractivity contribution in [3.63, 3.8) is 0 Å². The Hall–Kier alpha value is -3.52. The Morgan fingerprint density at radius 2 is 2.00 bits per heavy atom. The number of fused-ring (bicyclic) bond motifs is 1. The molecule has 0 bridgehead atoms. The van der Waals surface area contributed by atoms with Crippen molar-refractivity contribution in [2.45, 2.75) is 26.4 Å². The van der Waals surface area contributed by atoms with Crippen LogP contribution in [0.15, 0.2) is 53.2 Å². The summed E-state index contributed by atoms with van der Waals surface area (Å²) in [5.74, 6) is 1.01. The molecule has 0 fully saturated rings. The van der Waals surface area contributed by atoms with Crippen LogP contribution in [0.25, 0.3) is 11.1 Å². The normalized spacial score (nSPS) is 11.1. The maximum absolute atomic E-state index is 13.8. The van der Waals surface area contributed by atoms with E-state index in [-0.39, 0.29) is 18.1 Å². The van der Waals surface area contributed by atoms with Gasteiger partial charge in [-0.25, -0.2) is 14.4 Å². The summed E-state index contributed by atoms with van der Waals surface area (Å²) in [7, 11) is 0. The molecular weight excluding hydrogens is 385 g/mol. The molecule has 30 heavy (non-hydrogen) atoms. The van der Waals surface area contributed by atoms with E-state index in [1.165, 1.54) is 6.07 Å². The minimum Gasteiger partial charge on any atom is -0.508 e. The van der Waals surface area contributed by atoms with Crippen LogP contribution in [0.5, 0.6) is 5.75 Å². The van der Waals surface area contributed by atoms with Crippen LogP contribution in [0, 0.1) is 12.7 Å². The van der Waals surface area contributed by atoms with Gasteiger partial charge in [-0.3, -0.25) is 4.98 Å². The third-order valence-corrected chi connectivity index (χ3v) is 4.58. The van der Waals surface area contributed by atoms with E-state index in [0.717, 1.165) is 11.1 Å². The summed E-state index contributed by atoms with van der Waals surface area (Å²) in [4.78, 5) is 12.9. The Morgan fingerprint density at radius 1 is 1.10 bits per heavy atom. The summed E-state index contributed by atoms with van der Waals surface area (Å²) in [5, 5.41) is 16.1. The molecule has 4 rings (SSSR count). The highest BCUT2D eigenvalue weighted by Crippen LogP contribution is 2.22. The van der Waals surface area contributed by atoms with Crippen LogP contribution < -0.4 is 10.6 Å². The van der Waals surface area contributed by atoms with E-state index in [0.29, 0.717) is 48.0 Å². The van der Waals surface area contributed by atoms with Crippen LogP contribution in [-0.4, -0.2) is 26.6 Å². The van der Waals surface area contributed by atoms with E-state index < -0.39 is 0 Å². The van der Waals surface area contributed by atoms with Gasteiger partial charge in [0.1, 0.15) is 11.6 Å². The summed E-state index contributed by atoms with van der Waals surface area (Å²) in [5.41, 5.74) is 3.57. The number of hydrogen-bond acceptors (Lipinski definition) is 7. The third kappa shape index (κ3) is 4.72. The fourth-order valence-electron chi connectivity index (χ4n) is 3.22. The van der Waals surface area contributed by atoms with Crippen LogP contribution in [0.1, 0.15) is 22.7 Å². The number of nitrogens with zero attached hydrogens (tertiary/aromatic N) is 3. The molecule has 3 heterocycles. The van der Waals surface area contributed by atoms with Crippen molar-refractivity contribution >= 4 is 16.9 Å². The highest BCUT2D eigenvalue weighted by molar-refractivity contribution is 5.83. The van der Waals surface area contributed by atoms with Crippen molar-refractivity contribution in [1.29, 1.82) is 0 Å². The average molecular weight is 407 g/mol. The van der Waals surface area contributed by atoms with E-state index in [4.69, 9.17) is 4.42 Å². The second kappa shape index (κ2) is 8.87. The van der Waals surface area contributed by atoms with Gasteiger partial charge in [0.05, 0.1) is 12.2 Å². The van der Waals surface area contributed by atoms with Crippen molar-refractivity contribution < 1.29 is 13.9 Å². The molecule has 3 N–H and O–H groups in total. The molecule has 1 aromatic carbocycles. The van der Waals surface area contributed by atoms with E-state index in [1.807, 2.05) is 13.0 Å². The molecule has 0 atom stereocenters.